The predicted molar refractivity (Wildman–Crippen MR) is 68.3 cm³/mol. The molecule has 1 aromatic rings. The summed E-state index contributed by atoms with van der Waals surface area (Å²) in [6.45, 7) is 4.22. The van der Waals surface area contributed by atoms with Crippen molar-refractivity contribution in [2.45, 2.75) is 26.3 Å². The van der Waals surface area contributed by atoms with Crippen LogP contribution in [0.4, 0.5) is 0 Å². The summed E-state index contributed by atoms with van der Waals surface area (Å²) in [6, 6.07) is 5.11. The van der Waals surface area contributed by atoms with Crippen LogP contribution >= 0.6 is 12.4 Å². The van der Waals surface area contributed by atoms with E-state index in [-0.39, 0.29) is 24.2 Å². The highest BCUT2D eigenvalue weighted by Gasteiger charge is 2.12. The van der Waals surface area contributed by atoms with Gasteiger partial charge >= 0.3 is 0 Å². The second-order valence-corrected chi connectivity index (χ2v) is 4.16. The fourth-order valence-corrected chi connectivity index (χ4v) is 1.60. The normalized spacial score (nSPS) is 12.1. The third-order valence-electron chi connectivity index (χ3n) is 2.36. The molecule has 0 unspecified atom stereocenters. The van der Waals surface area contributed by atoms with Gasteiger partial charge in [-0.2, -0.15) is 0 Å². The smallest absolute Gasteiger partial charge is 0.124 e. The lowest BCUT2D eigenvalue weighted by Crippen LogP contribution is -2.13. The first-order valence-electron chi connectivity index (χ1n) is 5.17. The number of hydrogen-bond acceptors (Lipinski definition) is 3. The second kappa shape index (κ2) is 6.61. The van der Waals surface area contributed by atoms with Gasteiger partial charge in [-0.15, -0.1) is 12.4 Å². The van der Waals surface area contributed by atoms with Crippen molar-refractivity contribution in [3.8, 4) is 11.5 Å². The molecule has 0 heterocycles. The average molecular weight is 246 g/mol. The van der Waals surface area contributed by atoms with Crippen molar-refractivity contribution in [2.75, 3.05) is 7.11 Å². The van der Waals surface area contributed by atoms with E-state index < -0.39 is 0 Å². The lowest BCUT2D eigenvalue weighted by atomic mass is 9.97. The zero-order valence-electron chi connectivity index (χ0n) is 9.93. The first-order valence-corrected chi connectivity index (χ1v) is 5.17. The average Bonchev–Trinajstić information content (AvgIpc) is 2.16. The maximum Gasteiger partial charge on any atom is 0.124 e. The Balaban J connectivity index is 0.00000225. The van der Waals surface area contributed by atoms with Crippen LogP contribution in [0, 0.1) is 5.92 Å². The summed E-state index contributed by atoms with van der Waals surface area (Å²) in [5.41, 5.74) is 6.77. The highest BCUT2D eigenvalue weighted by atomic mass is 35.5. The largest absolute Gasteiger partial charge is 0.507 e. The molecule has 0 saturated carbocycles. The molecule has 16 heavy (non-hydrogen) atoms. The standard InChI is InChI=1S/C12H19NO2.ClH/c1-8(2)6-11(13)10-5-4-9(15-3)7-12(10)14;/h4-5,7-8,11,14H,6,13H2,1-3H3;1H/t11-;/m0./s1. The number of aromatic hydroxyl groups is 1. The molecule has 0 aromatic heterocycles. The number of halogens is 1. The number of hydrogen-bond donors (Lipinski definition) is 2. The molecule has 3 N–H and O–H groups in total. The molecule has 0 spiro atoms. The zero-order valence-corrected chi connectivity index (χ0v) is 10.8. The summed E-state index contributed by atoms with van der Waals surface area (Å²) < 4.78 is 5.01. The number of rotatable bonds is 4. The van der Waals surface area contributed by atoms with Gasteiger partial charge in [-0.05, 0) is 18.4 Å². The summed E-state index contributed by atoms with van der Waals surface area (Å²) in [4.78, 5) is 0. The Hall–Kier alpha value is -0.930. The van der Waals surface area contributed by atoms with Crippen molar-refractivity contribution in [1.29, 1.82) is 0 Å². The van der Waals surface area contributed by atoms with E-state index in [4.69, 9.17) is 10.5 Å². The number of methoxy groups -OCH3 is 1. The second-order valence-electron chi connectivity index (χ2n) is 4.16. The Morgan fingerprint density at radius 2 is 2.00 bits per heavy atom. The van der Waals surface area contributed by atoms with Crippen LogP contribution in [0.1, 0.15) is 31.9 Å². The van der Waals surface area contributed by atoms with Crippen molar-refractivity contribution in [3.63, 3.8) is 0 Å². The van der Waals surface area contributed by atoms with Crippen LogP contribution in [0.25, 0.3) is 0 Å². The Morgan fingerprint density at radius 3 is 2.44 bits per heavy atom. The van der Waals surface area contributed by atoms with Crippen LogP contribution in [-0.2, 0) is 0 Å². The summed E-state index contributed by atoms with van der Waals surface area (Å²) in [6.07, 6.45) is 0.861. The van der Waals surface area contributed by atoms with Gasteiger partial charge in [0, 0.05) is 17.7 Å². The maximum absolute atomic E-state index is 9.75. The molecular formula is C12H20ClNO2. The quantitative estimate of drug-likeness (QED) is 0.858. The number of nitrogens with two attached hydrogens (primary N) is 1. The summed E-state index contributed by atoms with van der Waals surface area (Å²) in [7, 11) is 1.57. The van der Waals surface area contributed by atoms with Crippen molar-refractivity contribution < 1.29 is 9.84 Å². The van der Waals surface area contributed by atoms with E-state index in [9.17, 15) is 5.11 Å². The molecule has 1 atom stereocenters. The van der Waals surface area contributed by atoms with Crippen LogP contribution in [0.2, 0.25) is 0 Å². The first kappa shape index (κ1) is 15.1. The minimum Gasteiger partial charge on any atom is -0.507 e. The Labute approximate surface area is 103 Å². The number of ether oxygens (including phenoxy) is 1. The van der Waals surface area contributed by atoms with Gasteiger partial charge in [-0.25, -0.2) is 0 Å². The fraction of sp³-hybridized carbons (Fsp3) is 0.500. The minimum atomic E-state index is -0.115. The van der Waals surface area contributed by atoms with Gasteiger partial charge in [-0.1, -0.05) is 19.9 Å². The molecule has 0 radical (unpaired) electrons. The molecule has 3 nitrogen and oxygen atoms in total. The van der Waals surface area contributed by atoms with E-state index >= 15 is 0 Å². The SMILES string of the molecule is COc1ccc([C@@H](N)CC(C)C)c(O)c1.Cl. The molecule has 1 aromatic carbocycles. The molecule has 0 amide bonds. The Morgan fingerprint density at radius 1 is 1.38 bits per heavy atom. The van der Waals surface area contributed by atoms with Gasteiger partial charge in [0.1, 0.15) is 11.5 Å². The highest BCUT2D eigenvalue weighted by Crippen LogP contribution is 2.30. The van der Waals surface area contributed by atoms with Crippen molar-refractivity contribution in [2.24, 2.45) is 11.7 Å². The van der Waals surface area contributed by atoms with Crippen molar-refractivity contribution in [3.05, 3.63) is 23.8 Å². The number of phenolic OH excluding ortho intramolecular Hbond substituents is 1. The molecule has 0 aliphatic carbocycles. The molecule has 92 valence electrons. The first-order chi connectivity index (χ1) is 7.04. The summed E-state index contributed by atoms with van der Waals surface area (Å²) in [5, 5.41) is 9.75. The van der Waals surface area contributed by atoms with Gasteiger partial charge in [0.2, 0.25) is 0 Å². The Kier molecular flexibility index (Phi) is 6.22. The van der Waals surface area contributed by atoms with Crippen LogP contribution in [0.15, 0.2) is 18.2 Å². The van der Waals surface area contributed by atoms with Crippen LogP contribution in [0.5, 0.6) is 11.5 Å². The zero-order chi connectivity index (χ0) is 11.4. The van der Waals surface area contributed by atoms with Crippen LogP contribution in [0.3, 0.4) is 0 Å². The maximum atomic E-state index is 9.75. The minimum absolute atomic E-state index is 0. The number of benzene rings is 1. The van der Waals surface area contributed by atoms with Crippen LogP contribution < -0.4 is 10.5 Å². The molecular weight excluding hydrogens is 226 g/mol. The molecule has 1 rings (SSSR count). The van der Waals surface area contributed by atoms with Crippen molar-refractivity contribution in [1.82, 2.24) is 0 Å². The molecule has 0 saturated heterocycles. The predicted octanol–water partition coefficient (Wildman–Crippen LogP) is 2.87. The van der Waals surface area contributed by atoms with Gasteiger partial charge in [0.25, 0.3) is 0 Å². The van der Waals surface area contributed by atoms with E-state index in [0.717, 1.165) is 12.0 Å². The Bertz CT molecular complexity index is 329. The molecule has 0 aliphatic heterocycles. The van der Waals surface area contributed by atoms with E-state index in [1.807, 2.05) is 12.1 Å². The third-order valence-corrected chi connectivity index (χ3v) is 2.36. The highest BCUT2D eigenvalue weighted by molar-refractivity contribution is 5.85. The van der Waals surface area contributed by atoms with E-state index in [2.05, 4.69) is 13.8 Å². The molecule has 0 aliphatic rings. The van der Waals surface area contributed by atoms with E-state index in [1.54, 1.807) is 13.2 Å². The lowest BCUT2D eigenvalue weighted by molar-refractivity contribution is 0.403. The monoisotopic (exact) mass is 245 g/mol. The van der Waals surface area contributed by atoms with Gasteiger partial charge in [-0.3, -0.25) is 0 Å². The summed E-state index contributed by atoms with van der Waals surface area (Å²) in [5.74, 6) is 1.37. The van der Waals surface area contributed by atoms with E-state index in [0.29, 0.717) is 11.7 Å². The molecule has 0 fully saturated rings. The van der Waals surface area contributed by atoms with Gasteiger partial charge in [0.05, 0.1) is 7.11 Å². The topological polar surface area (TPSA) is 55.5 Å². The lowest BCUT2D eigenvalue weighted by Gasteiger charge is -2.16. The van der Waals surface area contributed by atoms with E-state index in [1.165, 1.54) is 0 Å². The van der Waals surface area contributed by atoms with Crippen LogP contribution in [-0.4, -0.2) is 12.2 Å². The molecule has 4 heteroatoms. The van der Waals surface area contributed by atoms with Gasteiger partial charge in [0.15, 0.2) is 0 Å². The third kappa shape index (κ3) is 3.91. The van der Waals surface area contributed by atoms with Gasteiger partial charge < -0.3 is 15.6 Å². The van der Waals surface area contributed by atoms with Crippen molar-refractivity contribution >= 4 is 12.4 Å². The number of phenols is 1. The molecule has 0 bridgehead atoms. The fourth-order valence-electron chi connectivity index (χ4n) is 1.60. The summed E-state index contributed by atoms with van der Waals surface area (Å²) >= 11 is 0.